The minimum absolute atomic E-state index is 1.27. The maximum absolute atomic E-state index is 2.51. The van der Waals surface area contributed by atoms with Gasteiger partial charge in [0.1, 0.15) is 0 Å². The van der Waals surface area contributed by atoms with E-state index in [4.69, 9.17) is 0 Å². The Kier molecular flexibility index (Phi) is 2.98. The highest BCUT2D eigenvalue weighted by Gasteiger charge is 2.10. The standard InChI is InChI=1S/C10H19N/c1-9(2)10(3)11-7-5-4-6-8-11/h4-8H2,1-3H3. The number of hydrogen-bond donors (Lipinski definition) is 0. The van der Waals surface area contributed by atoms with Crippen molar-refractivity contribution in [3.8, 4) is 0 Å². The molecule has 1 fully saturated rings. The van der Waals surface area contributed by atoms with Gasteiger partial charge in [0, 0.05) is 18.8 Å². The van der Waals surface area contributed by atoms with Gasteiger partial charge in [-0.1, -0.05) is 5.57 Å². The van der Waals surface area contributed by atoms with E-state index in [1.54, 1.807) is 0 Å². The summed E-state index contributed by atoms with van der Waals surface area (Å²) in [5, 5.41) is 0. The number of rotatable bonds is 1. The third-order valence-corrected chi connectivity index (χ3v) is 2.55. The average Bonchev–Trinajstić information content (AvgIpc) is 2.05. The molecule has 0 atom stereocenters. The molecule has 0 N–H and O–H groups in total. The van der Waals surface area contributed by atoms with Gasteiger partial charge in [-0.3, -0.25) is 0 Å². The predicted octanol–water partition coefficient (Wildman–Crippen LogP) is 2.79. The summed E-state index contributed by atoms with van der Waals surface area (Å²) >= 11 is 0. The van der Waals surface area contributed by atoms with Crippen LogP contribution in [0.5, 0.6) is 0 Å². The highest BCUT2D eigenvalue weighted by Crippen LogP contribution is 2.16. The number of nitrogens with zero attached hydrogens (tertiary/aromatic N) is 1. The molecule has 0 radical (unpaired) electrons. The van der Waals surface area contributed by atoms with Crippen LogP contribution >= 0.6 is 0 Å². The Hall–Kier alpha value is -0.460. The molecule has 1 rings (SSSR count). The molecule has 0 aromatic rings. The summed E-state index contributed by atoms with van der Waals surface area (Å²) in [6.45, 7) is 9.18. The quantitative estimate of drug-likeness (QED) is 0.560. The third kappa shape index (κ3) is 2.25. The summed E-state index contributed by atoms with van der Waals surface area (Å²) in [7, 11) is 0. The van der Waals surface area contributed by atoms with E-state index in [9.17, 15) is 0 Å². The molecule has 0 spiro atoms. The van der Waals surface area contributed by atoms with Crippen LogP contribution < -0.4 is 0 Å². The molecule has 1 nitrogen and oxygen atoms in total. The lowest BCUT2D eigenvalue weighted by atomic mass is 10.1. The van der Waals surface area contributed by atoms with Crippen LogP contribution in [0.1, 0.15) is 40.0 Å². The number of hydrogen-bond acceptors (Lipinski definition) is 1. The summed E-state index contributed by atoms with van der Waals surface area (Å²) in [6.07, 6.45) is 4.18. The summed E-state index contributed by atoms with van der Waals surface area (Å²) in [5.41, 5.74) is 2.96. The molecule has 0 aromatic carbocycles. The van der Waals surface area contributed by atoms with E-state index in [0.717, 1.165) is 0 Å². The van der Waals surface area contributed by atoms with E-state index in [-0.39, 0.29) is 0 Å². The van der Waals surface area contributed by atoms with Crippen LogP contribution in [0, 0.1) is 0 Å². The van der Waals surface area contributed by atoms with Gasteiger partial charge in [-0.15, -0.1) is 0 Å². The van der Waals surface area contributed by atoms with Crippen molar-refractivity contribution in [2.75, 3.05) is 13.1 Å². The minimum atomic E-state index is 1.27. The molecule has 0 aromatic heterocycles. The second-order valence-electron chi connectivity index (χ2n) is 3.63. The van der Waals surface area contributed by atoms with Crippen molar-refractivity contribution < 1.29 is 0 Å². The predicted molar refractivity (Wildman–Crippen MR) is 49.5 cm³/mol. The van der Waals surface area contributed by atoms with E-state index in [0.29, 0.717) is 0 Å². The summed E-state index contributed by atoms with van der Waals surface area (Å²) in [4.78, 5) is 2.51. The van der Waals surface area contributed by atoms with E-state index in [2.05, 4.69) is 25.7 Å². The van der Waals surface area contributed by atoms with Crippen LogP contribution in [0.25, 0.3) is 0 Å². The van der Waals surface area contributed by atoms with Crippen LogP contribution in [-0.4, -0.2) is 18.0 Å². The van der Waals surface area contributed by atoms with Crippen molar-refractivity contribution in [2.24, 2.45) is 0 Å². The first kappa shape index (κ1) is 8.63. The Morgan fingerprint density at radius 2 is 1.45 bits per heavy atom. The van der Waals surface area contributed by atoms with Crippen LogP contribution in [0.2, 0.25) is 0 Å². The van der Waals surface area contributed by atoms with Gasteiger partial charge in [0.2, 0.25) is 0 Å². The fourth-order valence-corrected chi connectivity index (χ4v) is 1.55. The van der Waals surface area contributed by atoms with Gasteiger partial charge in [-0.05, 0) is 40.0 Å². The second-order valence-corrected chi connectivity index (χ2v) is 3.63. The second kappa shape index (κ2) is 3.80. The molecule has 1 aliphatic rings. The number of allylic oxidation sites excluding steroid dienone is 2. The van der Waals surface area contributed by atoms with Crippen molar-refractivity contribution in [3.05, 3.63) is 11.3 Å². The Morgan fingerprint density at radius 1 is 0.909 bits per heavy atom. The monoisotopic (exact) mass is 153 g/mol. The van der Waals surface area contributed by atoms with Crippen LogP contribution in [0.4, 0.5) is 0 Å². The molecule has 1 heteroatoms. The van der Waals surface area contributed by atoms with Crippen LogP contribution in [0.3, 0.4) is 0 Å². The van der Waals surface area contributed by atoms with Crippen LogP contribution in [0.15, 0.2) is 11.3 Å². The zero-order chi connectivity index (χ0) is 8.27. The molecule has 0 amide bonds. The average molecular weight is 153 g/mol. The fraction of sp³-hybridized carbons (Fsp3) is 0.800. The smallest absolute Gasteiger partial charge is 0.0174 e. The molecule has 1 aliphatic heterocycles. The van der Waals surface area contributed by atoms with Crippen molar-refractivity contribution >= 4 is 0 Å². The van der Waals surface area contributed by atoms with Gasteiger partial charge in [-0.2, -0.15) is 0 Å². The Labute approximate surface area is 70.1 Å². The van der Waals surface area contributed by atoms with E-state index < -0.39 is 0 Å². The zero-order valence-corrected chi connectivity index (χ0v) is 7.98. The van der Waals surface area contributed by atoms with Gasteiger partial charge < -0.3 is 4.90 Å². The molecule has 1 heterocycles. The Bertz CT molecular complexity index is 148. The molecule has 64 valence electrons. The lowest BCUT2D eigenvalue weighted by Crippen LogP contribution is -2.28. The van der Waals surface area contributed by atoms with E-state index in [1.165, 1.54) is 43.6 Å². The van der Waals surface area contributed by atoms with E-state index >= 15 is 0 Å². The lowest BCUT2D eigenvalue weighted by Gasteiger charge is -2.30. The van der Waals surface area contributed by atoms with Gasteiger partial charge in [0.25, 0.3) is 0 Å². The third-order valence-electron chi connectivity index (χ3n) is 2.55. The maximum atomic E-state index is 2.51. The van der Waals surface area contributed by atoms with Gasteiger partial charge >= 0.3 is 0 Å². The number of likely N-dealkylation sites (tertiary alicyclic amines) is 1. The number of piperidine rings is 1. The molecule has 0 unspecified atom stereocenters. The van der Waals surface area contributed by atoms with Crippen molar-refractivity contribution in [2.45, 2.75) is 40.0 Å². The Morgan fingerprint density at radius 3 is 1.91 bits per heavy atom. The zero-order valence-electron chi connectivity index (χ0n) is 7.98. The first-order chi connectivity index (χ1) is 5.22. The largest absolute Gasteiger partial charge is 0.375 e. The van der Waals surface area contributed by atoms with Crippen LogP contribution in [-0.2, 0) is 0 Å². The summed E-state index contributed by atoms with van der Waals surface area (Å²) in [6, 6.07) is 0. The highest BCUT2D eigenvalue weighted by atomic mass is 15.1. The molecule has 1 saturated heterocycles. The van der Waals surface area contributed by atoms with Crippen molar-refractivity contribution in [1.82, 2.24) is 4.90 Å². The molecule has 0 bridgehead atoms. The summed E-state index contributed by atoms with van der Waals surface area (Å²) < 4.78 is 0. The topological polar surface area (TPSA) is 3.24 Å². The lowest BCUT2D eigenvalue weighted by molar-refractivity contribution is 0.283. The van der Waals surface area contributed by atoms with Crippen molar-refractivity contribution in [1.29, 1.82) is 0 Å². The van der Waals surface area contributed by atoms with Gasteiger partial charge in [0.05, 0.1) is 0 Å². The summed E-state index contributed by atoms with van der Waals surface area (Å²) in [5.74, 6) is 0. The molecular weight excluding hydrogens is 134 g/mol. The normalized spacial score (nSPS) is 18.3. The van der Waals surface area contributed by atoms with E-state index in [1.807, 2.05) is 0 Å². The molecule has 11 heavy (non-hydrogen) atoms. The van der Waals surface area contributed by atoms with Crippen molar-refractivity contribution in [3.63, 3.8) is 0 Å². The van der Waals surface area contributed by atoms with Gasteiger partial charge in [-0.25, -0.2) is 0 Å². The molecular formula is C10H19N. The fourth-order valence-electron chi connectivity index (χ4n) is 1.55. The maximum Gasteiger partial charge on any atom is 0.0174 e. The molecule has 0 aliphatic carbocycles. The highest BCUT2D eigenvalue weighted by molar-refractivity contribution is 5.06. The first-order valence-electron chi connectivity index (χ1n) is 4.61. The minimum Gasteiger partial charge on any atom is -0.375 e. The van der Waals surface area contributed by atoms with Gasteiger partial charge in [0.15, 0.2) is 0 Å². The SMILES string of the molecule is CC(C)=C(C)N1CCCCC1. The first-order valence-corrected chi connectivity index (χ1v) is 4.61. The Balaban J connectivity index is 2.52. The molecule has 0 saturated carbocycles.